The number of rotatable bonds is 6. The summed E-state index contributed by atoms with van der Waals surface area (Å²) >= 11 is 17.9. The number of nitrogens with zero attached hydrogens (tertiary/aromatic N) is 2. The zero-order chi connectivity index (χ0) is 26.1. The summed E-state index contributed by atoms with van der Waals surface area (Å²) in [7, 11) is 0. The largest absolute Gasteiger partial charge is 0.491 e. The molecule has 0 aliphatic carbocycles. The van der Waals surface area contributed by atoms with Crippen LogP contribution < -0.4 is 4.74 Å². The lowest BCUT2D eigenvalue weighted by Gasteiger charge is -2.50. The van der Waals surface area contributed by atoms with E-state index in [2.05, 4.69) is 0 Å². The number of carbonyl (C=O) groups excluding carboxylic acids is 2. The molecule has 2 N–H and O–H groups in total. The number of aliphatic hydroxyl groups excluding tert-OH is 1. The van der Waals surface area contributed by atoms with Gasteiger partial charge in [0.05, 0.1) is 24.3 Å². The lowest BCUT2D eigenvalue weighted by atomic mass is 9.82. The van der Waals surface area contributed by atoms with Crippen LogP contribution in [0.15, 0.2) is 29.8 Å². The molecule has 2 aliphatic heterocycles. The Balaban J connectivity index is 2.03. The number of halogens is 3. The molecule has 192 valence electrons. The van der Waals surface area contributed by atoms with Crippen molar-refractivity contribution in [2.24, 2.45) is 0 Å². The normalized spacial score (nSPS) is 20.5. The van der Waals surface area contributed by atoms with Crippen molar-refractivity contribution in [3.8, 4) is 5.75 Å². The van der Waals surface area contributed by atoms with Crippen molar-refractivity contribution < 1.29 is 34.1 Å². The summed E-state index contributed by atoms with van der Waals surface area (Å²) in [4.78, 5) is 40.8. The van der Waals surface area contributed by atoms with Crippen molar-refractivity contribution >= 4 is 58.3 Å². The van der Waals surface area contributed by atoms with Crippen LogP contribution in [0.1, 0.15) is 32.8 Å². The molecular weight excluding hydrogens is 523 g/mol. The number of aliphatic carboxylic acids is 1. The summed E-state index contributed by atoms with van der Waals surface area (Å²) in [5, 5.41) is 19.1. The molecule has 2 unspecified atom stereocenters. The third-order valence-corrected chi connectivity index (χ3v) is 7.49. The van der Waals surface area contributed by atoms with E-state index in [1.807, 2.05) is 0 Å². The second-order valence-electron chi connectivity index (χ2n) is 8.87. The van der Waals surface area contributed by atoms with Crippen LogP contribution in [0.2, 0.25) is 0 Å². The van der Waals surface area contributed by atoms with Gasteiger partial charge in [-0.15, -0.1) is 0 Å². The molecule has 1 aromatic carbocycles. The zero-order valence-electron chi connectivity index (χ0n) is 19.5. The Hall–Kier alpha value is -2.20. The highest BCUT2D eigenvalue weighted by Gasteiger charge is 2.51. The summed E-state index contributed by atoms with van der Waals surface area (Å²) in [6.07, 6.45) is -0.660. The first-order valence-corrected chi connectivity index (χ1v) is 12.0. The van der Waals surface area contributed by atoms with Crippen LogP contribution in [0, 0.1) is 0 Å². The second-order valence-corrected chi connectivity index (χ2v) is 11.2. The number of benzene rings is 1. The van der Waals surface area contributed by atoms with E-state index in [1.165, 1.54) is 30.6 Å². The third kappa shape index (κ3) is 5.80. The van der Waals surface area contributed by atoms with Gasteiger partial charge in [0.25, 0.3) is 0 Å². The van der Waals surface area contributed by atoms with Gasteiger partial charge in [-0.25, -0.2) is 9.59 Å². The minimum absolute atomic E-state index is 0.0140. The first-order valence-electron chi connectivity index (χ1n) is 10.9. The molecule has 1 aromatic rings. The minimum Gasteiger partial charge on any atom is -0.491 e. The van der Waals surface area contributed by atoms with E-state index in [0.29, 0.717) is 16.9 Å². The minimum atomic E-state index is -1.92. The number of carboxylic acid groups (broad SMARTS) is 1. The molecule has 2 atom stereocenters. The highest BCUT2D eigenvalue weighted by atomic mass is 35.6. The summed E-state index contributed by atoms with van der Waals surface area (Å²) < 4.78 is 8.99. The van der Waals surface area contributed by atoms with E-state index >= 15 is 0 Å². The molecule has 2 aliphatic rings. The fourth-order valence-corrected chi connectivity index (χ4v) is 4.35. The fraction of sp³-hybridized carbons (Fsp3) is 0.522. The van der Waals surface area contributed by atoms with Gasteiger partial charge in [0.1, 0.15) is 12.4 Å². The summed E-state index contributed by atoms with van der Waals surface area (Å²) in [5.74, 6) is -0.917. The van der Waals surface area contributed by atoms with Gasteiger partial charge in [0, 0.05) is 20.0 Å². The molecule has 2 bridgehead atoms. The summed E-state index contributed by atoms with van der Waals surface area (Å²) in [6, 6.07) is 5.29. The van der Waals surface area contributed by atoms with E-state index < -0.39 is 33.5 Å². The Morgan fingerprint density at radius 3 is 2.26 bits per heavy atom. The van der Waals surface area contributed by atoms with Crippen LogP contribution in [0.25, 0.3) is 5.57 Å². The highest BCUT2D eigenvalue weighted by Crippen LogP contribution is 2.43. The van der Waals surface area contributed by atoms with Crippen molar-refractivity contribution in [3.63, 3.8) is 0 Å². The predicted molar refractivity (Wildman–Crippen MR) is 131 cm³/mol. The fourth-order valence-electron chi connectivity index (χ4n) is 4.23. The molecule has 1 fully saturated rings. The number of ether oxygens (including phenoxy) is 2. The van der Waals surface area contributed by atoms with Gasteiger partial charge < -0.3 is 24.6 Å². The van der Waals surface area contributed by atoms with Crippen LogP contribution in [-0.2, 0) is 14.3 Å². The lowest BCUT2D eigenvalue weighted by molar-refractivity contribution is -0.137. The Morgan fingerprint density at radius 1 is 1.11 bits per heavy atom. The SMILES string of the molecule is CC(=O)N1CC2CC(c3ccc(OCCO)cc3)=C(C(=O)O)C(C1)N2C(=O)OC(C)(C)C(Cl)(Cl)Cl. The Morgan fingerprint density at radius 2 is 1.74 bits per heavy atom. The maximum absolute atomic E-state index is 13.3. The van der Waals surface area contributed by atoms with Gasteiger partial charge in [0.15, 0.2) is 5.60 Å². The number of carboxylic acids is 1. The van der Waals surface area contributed by atoms with E-state index in [0.717, 1.165) is 0 Å². The number of amides is 2. The monoisotopic (exact) mass is 548 g/mol. The number of aliphatic hydroxyl groups is 1. The zero-order valence-corrected chi connectivity index (χ0v) is 21.7. The molecule has 0 saturated carbocycles. The van der Waals surface area contributed by atoms with Crippen molar-refractivity contribution in [2.75, 3.05) is 26.3 Å². The lowest BCUT2D eigenvalue weighted by Crippen LogP contribution is -2.65. The van der Waals surface area contributed by atoms with Crippen molar-refractivity contribution in [1.29, 1.82) is 0 Å². The standard InChI is InChI=1S/C23H27Cl3N2O7/c1-13(30)27-11-15-10-17(14-4-6-16(7-5-14)34-9-8-29)19(20(31)32)18(12-27)28(15)21(33)35-22(2,3)23(24,25)26/h4-7,15,18,29H,8-12H2,1-3H3,(H,31,32). The van der Waals surface area contributed by atoms with Crippen molar-refractivity contribution in [1.82, 2.24) is 9.80 Å². The Kier molecular flexibility index (Phi) is 8.16. The van der Waals surface area contributed by atoms with Crippen LogP contribution in [0.3, 0.4) is 0 Å². The number of carbonyl (C=O) groups is 3. The first kappa shape index (κ1) is 27.4. The van der Waals surface area contributed by atoms with Gasteiger partial charge in [0.2, 0.25) is 9.70 Å². The van der Waals surface area contributed by atoms with Crippen LogP contribution >= 0.6 is 34.8 Å². The maximum Gasteiger partial charge on any atom is 0.411 e. The van der Waals surface area contributed by atoms with E-state index in [1.54, 1.807) is 24.3 Å². The average Bonchev–Trinajstić information content (AvgIpc) is 2.75. The van der Waals surface area contributed by atoms with Gasteiger partial charge in [-0.1, -0.05) is 46.9 Å². The quantitative estimate of drug-likeness (QED) is 0.522. The van der Waals surface area contributed by atoms with Crippen molar-refractivity contribution in [3.05, 3.63) is 35.4 Å². The van der Waals surface area contributed by atoms with Gasteiger partial charge in [-0.3, -0.25) is 9.69 Å². The van der Waals surface area contributed by atoms with E-state index in [-0.39, 0.29) is 44.2 Å². The van der Waals surface area contributed by atoms with Crippen LogP contribution in [-0.4, -0.2) is 85.8 Å². The molecule has 12 heteroatoms. The molecule has 0 aromatic heterocycles. The Bertz CT molecular complexity index is 1020. The van der Waals surface area contributed by atoms with Crippen LogP contribution in [0.5, 0.6) is 5.75 Å². The summed E-state index contributed by atoms with van der Waals surface area (Å²) in [5.41, 5.74) is -0.310. The molecule has 35 heavy (non-hydrogen) atoms. The molecule has 9 nitrogen and oxygen atoms in total. The molecule has 2 amide bonds. The molecule has 1 saturated heterocycles. The van der Waals surface area contributed by atoms with Gasteiger partial charge in [-0.2, -0.15) is 0 Å². The molecule has 0 radical (unpaired) electrons. The third-order valence-electron chi connectivity index (χ3n) is 6.13. The number of fused-ring (bicyclic) bond motifs is 2. The number of hydrogen-bond donors (Lipinski definition) is 2. The molecule has 3 rings (SSSR count). The first-order chi connectivity index (χ1) is 16.3. The maximum atomic E-state index is 13.3. The van der Waals surface area contributed by atoms with Crippen molar-refractivity contribution in [2.45, 2.75) is 48.7 Å². The highest BCUT2D eigenvalue weighted by molar-refractivity contribution is 6.68. The smallest absolute Gasteiger partial charge is 0.411 e. The second kappa shape index (κ2) is 10.4. The van der Waals surface area contributed by atoms with E-state index in [9.17, 15) is 19.5 Å². The van der Waals surface area contributed by atoms with Gasteiger partial charge >= 0.3 is 12.1 Å². The number of alkyl halides is 3. The number of hydrogen-bond acceptors (Lipinski definition) is 6. The average molecular weight is 550 g/mol. The molecule has 0 spiro atoms. The number of piperazine rings is 1. The topological polar surface area (TPSA) is 117 Å². The predicted octanol–water partition coefficient (Wildman–Crippen LogP) is 3.49. The van der Waals surface area contributed by atoms with Crippen LogP contribution in [0.4, 0.5) is 4.79 Å². The molecular formula is C23H27Cl3N2O7. The summed E-state index contributed by atoms with van der Waals surface area (Å²) in [6.45, 7) is 4.47. The van der Waals surface area contributed by atoms with E-state index in [4.69, 9.17) is 49.4 Å². The molecule has 2 heterocycles. The Labute approximate surface area is 218 Å². The van der Waals surface area contributed by atoms with Gasteiger partial charge in [-0.05, 0) is 43.5 Å².